The molecule has 1 heterocycles. The van der Waals surface area contributed by atoms with E-state index in [1.807, 2.05) is 13.1 Å². The number of aryl methyl sites for hydroxylation is 1. The van der Waals surface area contributed by atoms with Gasteiger partial charge in [0.25, 0.3) is 0 Å². The van der Waals surface area contributed by atoms with Crippen LogP contribution in [0.4, 0.5) is 0 Å². The maximum Gasteiger partial charge on any atom is 0.313 e. The molecule has 18 heavy (non-hydrogen) atoms. The van der Waals surface area contributed by atoms with E-state index >= 15 is 0 Å². The monoisotopic (exact) mass is 268 g/mol. The van der Waals surface area contributed by atoms with Crippen LogP contribution in [0.5, 0.6) is 0 Å². The topological polar surface area (TPSA) is 55.1 Å². The fraction of sp³-hybridized carbons (Fsp3) is 0.692. The first kappa shape index (κ1) is 13.5. The zero-order chi connectivity index (χ0) is 13.0. The quantitative estimate of drug-likeness (QED) is 0.806. The molecule has 4 nitrogen and oxygen atoms in total. The second-order valence-corrected chi connectivity index (χ2v) is 5.90. The smallest absolute Gasteiger partial charge is 0.313 e. The molecule has 1 aliphatic carbocycles. The first-order valence-corrected chi connectivity index (χ1v) is 7.52. The van der Waals surface area contributed by atoms with Gasteiger partial charge in [0, 0.05) is 18.4 Å². The van der Waals surface area contributed by atoms with Gasteiger partial charge < -0.3 is 9.67 Å². The molecule has 2 rings (SSSR count). The zero-order valence-corrected chi connectivity index (χ0v) is 11.6. The van der Waals surface area contributed by atoms with Gasteiger partial charge in [-0.15, -0.1) is 0 Å². The number of carboxylic acids is 1. The molecule has 100 valence electrons. The predicted molar refractivity (Wildman–Crippen MR) is 71.9 cm³/mol. The van der Waals surface area contributed by atoms with E-state index in [9.17, 15) is 4.79 Å². The van der Waals surface area contributed by atoms with Gasteiger partial charge in [0.05, 0.1) is 5.75 Å². The molecule has 1 aliphatic rings. The van der Waals surface area contributed by atoms with Crippen molar-refractivity contribution < 1.29 is 9.90 Å². The minimum absolute atomic E-state index is 0.0832. The third-order valence-electron chi connectivity index (χ3n) is 3.58. The molecule has 0 aliphatic heterocycles. The van der Waals surface area contributed by atoms with E-state index in [-0.39, 0.29) is 5.75 Å². The normalized spacial score (nSPS) is 16.3. The van der Waals surface area contributed by atoms with Crippen LogP contribution < -0.4 is 0 Å². The van der Waals surface area contributed by atoms with Crippen LogP contribution in [0.2, 0.25) is 0 Å². The summed E-state index contributed by atoms with van der Waals surface area (Å²) in [5.41, 5.74) is 1.13. The molecule has 0 spiro atoms. The van der Waals surface area contributed by atoms with Gasteiger partial charge in [-0.2, -0.15) is 0 Å². The van der Waals surface area contributed by atoms with E-state index in [0.29, 0.717) is 0 Å². The zero-order valence-electron chi connectivity index (χ0n) is 10.8. The number of carboxylic acid groups (broad SMARTS) is 1. The fourth-order valence-corrected chi connectivity index (χ4v) is 3.33. The van der Waals surface area contributed by atoms with E-state index in [4.69, 9.17) is 5.11 Å². The third-order valence-corrected chi connectivity index (χ3v) is 4.55. The van der Waals surface area contributed by atoms with Crippen LogP contribution in [0.3, 0.4) is 0 Å². The second-order valence-electron chi connectivity index (χ2n) is 4.96. The van der Waals surface area contributed by atoms with Gasteiger partial charge in [0.1, 0.15) is 0 Å². The summed E-state index contributed by atoms with van der Waals surface area (Å²) in [7, 11) is 0. The van der Waals surface area contributed by atoms with Crippen molar-refractivity contribution in [2.75, 3.05) is 5.75 Å². The summed E-state index contributed by atoms with van der Waals surface area (Å²) >= 11 is 1.31. The highest BCUT2D eigenvalue weighted by atomic mass is 32.2. The van der Waals surface area contributed by atoms with Gasteiger partial charge in [0.2, 0.25) is 0 Å². The molecule has 0 amide bonds. The molecule has 5 heteroatoms. The Morgan fingerprint density at radius 1 is 1.56 bits per heavy atom. The number of thioether (sulfide) groups is 1. The Balaban J connectivity index is 1.92. The average molecular weight is 268 g/mol. The predicted octanol–water partition coefficient (Wildman–Crippen LogP) is 2.95. The standard InChI is InChI=1S/C13H20N2O2S/c1-10-8-14-13(18-9-12(16)17)15(10)7-6-11-4-2-3-5-11/h8,11H,2-7,9H2,1H3,(H,16,17). The Morgan fingerprint density at radius 3 is 2.94 bits per heavy atom. The van der Waals surface area contributed by atoms with Gasteiger partial charge in [-0.1, -0.05) is 37.4 Å². The van der Waals surface area contributed by atoms with E-state index in [2.05, 4.69) is 9.55 Å². The van der Waals surface area contributed by atoms with Crippen molar-refractivity contribution in [1.82, 2.24) is 9.55 Å². The van der Waals surface area contributed by atoms with Crippen molar-refractivity contribution in [3.05, 3.63) is 11.9 Å². The highest BCUT2D eigenvalue weighted by molar-refractivity contribution is 7.99. The lowest BCUT2D eigenvalue weighted by Gasteiger charge is -2.12. The van der Waals surface area contributed by atoms with Crippen molar-refractivity contribution in [2.24, 2.45) is 5.92 Å². The lowest BCUT2D eigenvalue weighted by Crippen LogP contribution is -2.07. The number of carbonyl (C=O) groups is 1. The Labute approximate surface area is 112 Å². The molecule has 0 saturated heterocycles. The molecule has 0 bridgehead atoms. The van der Waals surface area contributed by atoms with E-state index in [0.717, 1.165) is 23.3 Å². The first-order chi connectivity index (χ1) is 8.66. The number of aromatic nitrogens is 2. The Morgan fingerprint density at radius 2 is 2.28 bits per heavy atom. The lowest BCUT2D eigenvalue weighted by atomic mass is 10.0. The summed E-state index contributed by atoms with van der Waals surface area (Å²) < 4.78 is 2.16. The van der Waals surface area contributed by atoms with Gasteiger partial charge in [-0.3, -0.25) is 4.79 Å². The van der Waals surface area contributed by atoms with Gasteiger partial charge >= 0.3 is 5.97 Å². The molecule has 1 aromatic rings. The Kier molecular flexibility index (Phi) is 4.69. The van der Waals surface area contributed by atoms with Crippen molar-refractivity contribution in [3.8, 4) is 0 Å². The second kappa shape index (κ2) is 6.27. The van der Waals surface area contributed by atoms with Crippen LogP contribution in [0, 0.1) is 12.8 Å². The highest BCUT2D eigenvalue weighted by Crippen LogP contribution is 2.29. The SMILES string of the molecule is Cc1cnc(SCC(=O)O)n1CCC1CCCC1. The number of rotatable bonds is 6. The Hall–Kier alpha value is -0.970. The molecule has 0 unspecified atom stereocenters. The average Bonchev–Trinajstić information content (AvgIpc) is 2.94. The molecule has 0 aromatic carbocycles. The largest absolute Gasteiger partial charge is 0.481 e. The summed E-state index contributed by atoms with van der Waals surface area (Å²) in [6.45, 7) is 3.00. The van der Waals surface area contributed by atoms with Crippen LogP contribution in [-0.2, 0) is 11.3 Å². The summed E-state index contributed by atoms with van der Waals surface area (Å²) in [6.07, 6.45) is 8.47. The molecular weight excluding hydrogens is 248 g/mol. The number of hydrogen-bond donors (Lipinski definition) is 1. The van der Waals surface area contributed by atoms with E-state index in [1.165, 1.54) is 43.9 Å². The molecule has 0 radical (unpaired) electrons. The van der Waals surface area contributed by atoms with Gasteiger partial charge in [0.15, 0.2) is 5.16 Å². The molecular formula is C13H20N2O2S. The number of aliphatic carboxylic acids is 1. The minimum Gasteiger partial charge on any atom is -0.481 e. The molecule has 1 saturated carbocycles. The van der Waals surface area contributed by atoms with E-state index in [1.54, 1.807) is 0 Å². The van der Waals surface area contributed by atoms with Crippen molar-refractivity contribution >= 4 is 17.7 Å². The first-order valence-electron chi connectivity index (χ1n) is 6.53. The summed E-state index contributed by atoms with van der Waals surface area (Å²) in [4.78, 5) is 14.9. The van der Waals surface area contributed by atoms with Crippen LogP contribution in [0.25, 0.3) is 0 Å². The van der Waals surface area contributed by atoms with Crippen molar-refractivity contribution in [3.63, 3.8) is 0 Å². The maximum absolute atomic E-state index is 10.6. The van der Waals surface area contributed by atoms with Crippen molar-refractivity contribution in [2.45, 2.75) is 50.7 Å². The highest BCUT2D eigenvalue weighted by Gasteiger charge is 2.16. The Bertz CT molecular complexity index is 411. The lowest BCUT2D eigenvalue weighted by molar-refractivity contribution is -0.133. The van der Waals surface area contributed by atoms with E-state index < -0.39 is 5.97 Å². The van der Waals surface area contributed by atoms with Crippen LogP contribution in [0.1, 0.15) is 37.8 Å². The molecule has 1 N–H and O–H groups in total. The third kappa shape index (κ3) is 3.51. The maximum atomic E-state index is 10.6. The van der Waals surface area contributed by atoms with Crippen LogP contribution in [0.15, 0.2) is 11.4 Å². The molecule has 1 fully saturated rings. The number of imidazole rings is 1. The number of hydrogen-bond acceptors (Lipinski definition) is 3. The minimum atomic E-state index is -0.789. The number of nitrogens with zero attached hydrogens (tertiary/aromatic N) is 2. The summed E-state index contributed by atoms with van der Waals surface area (Å²) in [5, 5.41) is 9.56. The van der Waals surface area contributed by atoms with Crippen LogP contribution >= 0.6 is 11.8 Å². The van der Waals surface area contributed by atoms with Gasteiger partial charge in [-0.25, -0.2) is 4.98 Å². The summed E-state index contributed by atoms with van der Waals surface area (Å²) in [6, 6.07) is 0. The fourth-order valence-electron chi connectivity index (χ4n) is 2.56. The summed E-state index contributed by atoms with van der Waals surface area (Å²) in [5.74, 6) is 0.145. The van der Waals surface area contributed by atoms with Crippen LogP contribution in [-0.4, -0.2) is 26.4 Å². The molecule has 1 aromatic heterocycles. The molecule has 0 atom stereocenters. The van der Waals surface area contributed by atoms with Gasteiger partial charge in [-0.05, 0) is 19.3 Å². The van der Waals surface area contributed by atoms with Crippen molar-refractivity contribution in [1.29, 1.82) is 0 Å².